The standard InChI is InChI=1S/C19H26N2O2/c1-13(2)9-11-20-18(22)17-16-6-4-3-5-14(16)10-12-21(17)19(23)15-7-8-15/h3-6,13,15,17H,7-12H2,1-2H3,(H,20,22)/t17-/m1/s1. The summed E-state index contributed by atoms with van der Waals surface area (Å²) in [6.07, 6.45) is 3.73. The molecule has 0 unspecified atom stereocenters. The van der Waals surface area contributed by atoms with E-state index in [1.807, 2.05) is 23.1 Å². The average molecular weight is 314 g/mol. The van der Waals surface area contributed by atoms with Crippen LogP contribution in [0, 0.1) is 11.8 Å². The molecule has 23 heavy (non-hydrogen) atoms. The molecule has 1 N–H and O–H groups in total. The van der Waals surface area contributed by atoms with Crippen molar-refractivity contribution in [1.29, 1.82) is 0 Å². The van der Waals surface area contributed by atoms with E-state index in [1.165, 1.54) is 5.56 Å². The minimum Gasteiger partial charge on any atom is -0.354 e. The molecule has 1 atom stereocenters. The number of carbonyl (C=O) groups excluding carboxylic acids is 2. The molecule has 0 bridgehead atoms. The van der Waals surface area contributed by atoms with E-state index in [-0.39, 0.29) is 17.7 Å². The molecule has 2 amide bonds. The van der Waals surface area contributed by atoms with Crippen LogP contribution in [0.25, 0.3) is 0 Å². The smallest absolute Gasteiger partial charge is 0.247 e. The number of rotatable bonds is 5. The molecule has 124 valence electrons. The first-order chi connectivity index (χ1) is 11.1. The van der Waals surface area contributed by atoms with Crippen LogP contribution in [0.3, 0.4) is 0 Å². The quantitative estimate of drug-likeness (QED) is 0.908. The number of hydrogen-bond acceptors (Lipinski definition) is 2. The summed E-state index contributed by atoms with van der Waals surface area (Å²) in [5.74, 6) is 0.819. The van der Waals surface area contributed by atoms with Crippen molar-refractivity contribution in [3.8, 4) is 0 Å². The topological polar surface area (TPSA) is 49.4 Å². The van der Waals surface area contributed by atoms with Crippen molar-refractivity contribution >= 4 is 11.8 Å². The van der Waals surface area contributed by atoms with Crippen LogP contribution < -0.4 is 5.32 Å². The van der Waals surface area contributed by atoms with Gasteiger partial charge in [-0.3, -0.25) is 9.59 Å². The summed E-state index contributed by atoms with van der Waals surface area (Å²) in [5, 5.41) is 3.04. The molecule has 2 aliphatic rings. The normalized spacial score (nSPS) is 20.3. The van der Waals surface area contributed by atoms with Crippen molar-refractivity contribution in [2.75, 3.05) is 13.1 Å². The van der Waals surface area contributed by atoms with Gasteiger partial charge in [-0.05, 0) is 42.7 Å². The lowest BCUT2D eigenvalue weighted by Crippen LogP contribution is -2.48. The van der Waals surface area contributed by atoms with Gasteiger partial charge in [-0.2, -0.15) is 0 Å². The molecule has 3 rings (SSSR count). The monoisotopic (exact) mass is 314 g/mol. The van der Waals surface area contributed by atoms with Crippen molar-refractivity contribution < 1.29 is 9.59 Å². The molecule has 0 spiro atoms. The van der Waals surface area contributed by atoms with Gasteiger partial charge in [-0.1, -0.05) is 38.1 Å². The maximum Gasteiger partial charge on any atom is 0.247 e. The second kappa shape index (κ2) is 6.73. The van der Waals surface area contributed by atoms with Gasteiger partial charge in [0.1, 0.15) is 6.04 Å². The van der Waals surface area contributed by atoms with E-state index in [2.05, 4.69) is 25.2 Å². The third-order valence-electron chi connectivity index (χ3n) is 4.76. The fraction of sp³-hybridized carbons (Fsp3) is 0.579. The fourth-order valence-electron chi connectivity index (χ4n) is 3.23. The van der Waals surface area contributed by atoms with Gasteiger partial charge in [-0.25, -0.2) is 0 Å². The Bertz CT molecular complexity index is 593. The summed E-state index contributed by atoms with van der Waals surface area (Å²) in [6.45, 7) is 5.60. The summed E-state index contributed by atoms with van der Waals surface area (Å²) in [5.41, 5.74) is 2.19. The zero-order chi connectivity index (χ0) is 16.4. The van der Waals surface area contributed by atoms with E-state index in [9.17, 15) is 9.59 Å². The molecule has 1 aromatic rings. The molecule has 0 radical (unpaired) electrons. The summed E-state index contributed by atoms with van der Waals surface area (Å²) >= 11 is 0. The van der Waals surface area contributed by atoms with Crippen molar-refractivity contribution in [2.45, 2.75) is 45.6 Å². The largest absolute Gasteiger partial charge is 0.354 e. The van der Waals surface area contributed by atoms with Crippen molar-refractivity contribution in [2.24, 2.45) is 11.8 Å². The Morgan fingerprint density at radius 3 is 2.70 bits per heavy atom. The van der Waals surface area contributed by atoms with E-state index in [0.717, 1.165) is 31.2 Å². The van der Waals surface area contributed by atoms with Crippen LogP contribution in [0.1, 0.15) is 50.3 Å². The SMILES string of the molecule is CC(C)CCNC(=O)[C@H]1c2ccccc2CCN1C(=O)C1CC1. The van der Waals surface area contributed by atoms with Gasteiger partial charge >= 0.3 is 0 Å². The Balaban J connectivity index is 1.80. The average Bonchev–Trinajstić information content (AvgIpc) is 3.37. The maximum absolute atomic E-state index is 12.8. The number of amides is 2. The Morgan fingerprint density at radius 2 is 2.00 bits per heavy atom. The predicted molar refractivity (Wildman–Crippen MR) is 89.8 cm³/mol. The summed E-state index contributed by atoms with van der Waals surface area (Å²) in [7, 11) is 0. The van der Waals surface area contributed by atoms with E-state index < -0.39 is 6.04 Å². The number of nitrogens with one attached hydrogen (secondary N) is 1. The molecule has 1 heterocycles. The summed E-state index contributed by atoms with van der Waals surface area (Å²) < 4.78 is 0. The molecule has 4 heteroatoms. The van der Waals surface area contributed by atoms with Crippen LogP contribution >= 0.6 is 0 Å². The highest BCUT2D eigenvalue weighted by atomic mass is 16.2. The van der Waals surface area contributed by atoms with Crippen LogP contribution in [0.4, 0.5) is 0 Å². The molecule has 1 aromatic carbocycles. The number of fused-ring (bicyclic) bond motifs is 1. The van der Waals surface area contributed by atoms with Gasteiger partial charge < -0.3 is 10.2 Å². The fourth-order valence-corrected chi connectivity index (χ4v) is 3.23. The number of benzene rings is 1. The zero-order valence-electron chi connectivity index (χ0n) is 14.0. The first-order valence-corrected chi connectivity index (χ1v) is 8.74. The van der Waals surface area contributed by atoms with Gasteiger partial charge in [0.2, 0.25) is 11.8 Å². The van der Waals surface area contributed by atoms with E-state index >= 15 is 0 Å². The van der Waals surface area contributed by atoms with Crippen molar-refractivity contribution in [1.82, 2.24) is 10.2 Å². The third kappa shape index (κ3) is 3.57. The molecular formula is C19H26N2O2. The van der Waals surface area contributed by atoms with E-state index in [4.69, 9.17) is 0 Å². The van der Waals surface area contributed by atoms with Crippen LogP contribution in [-0.4, -0.2) is 29.8 Å². The van der Waals surface area contributed by atoms with Gasteiger partial charge in [0.15, 0.2) is 0 Å². The van der Waals surface area contributed by atoms with Crippen LogP contribution in [0.15, 0.2) is 24.3 Å². The highest BCUT2D eigenvalue weighted by Crippen LogP contribution is 2.37. The third-order valence-corrected chi connectivity index (χ3v) is 4.76. The number of carbonyl (C=O) groups is 2. The number of nitrogens with zero attached hydrogens (tertiary/aromatic N) is 1. The van der Waals surface area contributed by atoms with Crippen molar-refractivity contribution in [3.63, 3.8) is 0 Å². The molecular weight excluding hydrogens is 288 g/mol. The molecule has 1 aliphatic heterocycles. The second-order valence-electron chi connectivity index (χ2n) is 7.13. The van der Waals surface area contributed by atoms with Gasteiger partial charge in [0, 0.05) is 19.0 Å². The molecule has 1 aliphatic carbocycles. The highest BCUT2D eigenvalue weighted by molar-refractivity contribution is 5.91. The van der Waals surface area contributed by atoms with Crippen molar-refractivity contribution in [3.05, 3.63) is 35.4 Å². The lowest BCUT2D eigenvalue weighted by Gasteiger charge is -2.36. The Morgan fingerprint density at radius 1 is 1.26 bits per heavy atom. The summed E-state index contributed by atoms with van der Waals surface area (Å²) in [4.78, 5) is 27.2. The summed E-state index contributed by atoms with van der Waals surface area (Å²) in [6, 6.07) is 7.57. The lowest BCUT2D eigenvalue weighted by atomic mass is 9.91. The molecule has 0 saturated heterocycles. The Labute approximate surface area is 138 Å². The van der Waals surface area contributed by atoms with Gasteiger partial charge in [0.25, 0.3) is 0 Å². The highest BCUT2D eigenvalue weighted by Gasteiger charge is 2.41. The minimum atomic E-state index is -0.458. The number of hydrogen-bond donors (Lipinski definition) is 1. The first kappa shape index (κ1) is 16.0. The zero-order valence-corrected chi connectivity index (χ0v) is 14.0. The molecule has 0 aromatic heterocycles. The first-order valence-electron chi connectivity index (χ1n) is 8.74. The van der Waals surface area contributed by atoms with Crippen LogP contribution in [0.5, 0.6) is 0 Å². The van der Waals surface area contributed by atoms with Crippen LogP contribution in [-0.2, 0) is 16.0 Å². The molecule has 1 saturated carbocycles. The van der Waals surface area contributed by atoms with Gasteiger partial charge in [0.05, 0.1) is 0 Å². The van der Waals surface area contributed by atoms with E-state index in [1.54, 1.807) is 0 Å². The molecule has 4 nitrogen and oxygen atoms in total. The maximum atomic E-state index is 12.8. The van der Waals surface area contributed by atoms with E-state index in [0.29, 0.717) is 19.0 Å². The minimum absolute atomic E-state index is 0.0354. The van der Waals surface area contributed by atoms with Gasteiger partial charge in [-0.15, -0.1) is 0 Å². The lowest BCUT2D eigenvalue weighted by molar-refractivity contribution is -0.142. The van der Waals surface area contributed by atoms with Crippen LogP contribution in [0.2, 0.25) is 0 Å². The second-order valence-corrected chi connectivity index (χ2v) is 7.13. The Kier molecular flexibility index (Phi) is 4.69. The molecule has 1 fully saturated rings. The predicted octanol–water partition coefficient (Wildman–Crippen LogP) is 2.68. The Hall–Kier alpha value is -1.84.